The van der Waals surface area contributed by atoms with E-state index in [-0.39, 0.29) is 0 Å². The van der Waals surface area contributed by atoms with Gasteiger partial charge in [-0.25, -0.2) is 0 Å². The zero-order chi connectivity index (χ0) is 20.2. The first-order valence-corrected chi connectivity index (χ1v) is 11.1. The minimum atomic E-state index is 0.871. The second-order valence-electron chi connectivity index (χ2n) is 7.47. The maximum absolute atomic E-state index is 2.53. The van der Waals surface area contributed by atoms with Crippen LogP contribution >= 0.6 is 11.3 Å². The van der Waals surface area contributed by atoms with Crippen molar-refractivity contribution in [3.05, 3.63) is 126 Å². The Morgan fingerprint density at radius 1 is 0.533 bits per heavy atom. The average molecular weight is 406 g/mol. The molecule has 2 heteroatoms. The van der Waals surface area contributed by atoms with E-state index in [1.165, 1.54) is 37.3 Å². The van der Waals surface area contributed by atoms with E-state index in [0.717, 1.165) is 13.1 Å². The smallest absolute Gasteiger partial charge is 0.0641 e. The predicted octanol–water partition coefficient (Wildman–Crippen LogP) is 7.78. The number of hydrogen-bond acceptors (Lipinski definition) is 2. The lowest BCUT2D eigenvalue weighted by Crippen LogP contribution is -2.22. The Kier molecular flexibility index (Phi) is 5.32. The second-order valence-corrected chi connectivity index (χ2v) is 8.52. The van der Waals surface area contributed by atoms with Crippen LogP contribution < -0.4 is 4.90 Å². The van der Waals surface area contributed by atoms with Gasteiger partial charge in [0, 0.05) is 23.2 Å². The van der Waals surface area contributed by atoms with Crippen LogP contribution in [0.3, 0.4) is 0 Å². The van der Waals surface area contributed by atoms with E-state index >= 15 is 0 Å². The monoisotopic (exact) mass is 405 g/mol. The van der Waals surface area contributed by atoms with Crippen molar-refractivity contribution in [2.45, 2.75) is 13.1 Å². The van der Waals surface area contributed by atoms with Crippen molar-refractivity contribution in [2.24, 2.45) is 0 Å². The third kappa shape index (κ3) is 3.87. The molecule has 0 spiro atoms. The molecule has 0 amide bonds. The van der Waals surface area contributed by atoms with Crippen molar-refractivity contribution in [2.75, 3.05) is 4.90 Å². The Bertz CT molecular complexity index is 1190. The molecular weight excluding hydrogens is 382 g/mol. The van der Waals surface area contributed by atoms with Crippen molar-refractivity contribution in [1.82, 2.24) is 0 Å². The van der Waals surface area contributed by atoms with Gasteiger partial charge in [0.15, 0.2) is 0 Å². The number of hydrogen-bond donors (Lipinski definition) is 0. The minimum absolute atomic E-state index is 0.871. The highest BCUT2D eigenvalue weighted by Crippen LogP contribution is 2.45. The molecule has 0 aliphatic heterocycles. The van der Waals surface area contributed by atoms with Gasteiger partial charge in [-0.05, 0) is 22.8 Å². The number of thiophene rings is 1. The summed E-state index contributed by atoms with van der Waals surface area (Å²) in [6, 6.07) is 41.1. The van der Waals surface area contributed by atoms with Crippen molar-refractivity contribution >= 4 is 27.1 Å². The average Bonchev–Trinajstić information content (AvgIpc) is 3.20. The Labute approximate surface area is 181 Å². The quantitative estimate of drug-likeness (QED) is 0.279. The van der Waals surface area contributed by atoms with Crippen LogP contribution in [-0.2, 0) is 13.1 Å². The fraction of sp³-hybridized carbons (Fsp3) is 0.0714. The number of benzene rings is 4. The topological polar surface area (TPSA) is 3.24 Å². The molecule has 1 aromatic heterocycles. The molecule has 0 aliphatic carbocycles. The molecule has 0 atom stereocenters. The summed E-state index contributed by atoms with van der Waals surface area (Å²) >= 11 is 1.88. The van der Waals surface area contributed by atoms with Crippen LogP contribution in [0.2, 0.25) is 0 Å². The summed E-state index contributed by atoms with van der Waals surface area (Å²) in [7, 11) is 0. The molecule has 0 saturated carbocycles. The highest BCUT2D eigenvalue weighted by molar-refractivity contribution is 7.23. The molecule has 0 N–H and O–H groups in total. The first kappa shape index (κ1) is 18.7. The van der Waals surface area contributed by atoms with E-state index in [1.807, 2.05) is 11.3 Å². The van der Waals surface area contributed by atoms with Gasteiger partial charge in [0.2, 0.25) is 0 Å². The van der Waals surface area contributed by atoms with E-state index in [4.69, 9.17) is 0 Å². The minimum Gasteiger partial charge on any atom is -0.361 e. The van der Waals surface area contributed by atoms with Crippen molar-refractivity contribution < 1.29 is 0 Å². The molecule has 1 heterocycles. The van der Waals surface area contributed by atoms with Gasteiger partial charge in [-0.15, -0.1) is 11.3 Å². The molecule has 0 unspecified atom stereocenters. The van der Waals surface area contributed by atoms with Gasteiger partial charge < -0.3 is 4.90 Å². The number of rotatable bonds is 6. The Balaban J connectivity index is 1.67. The van der Waals surface area contributed by atoms with Crippen LogP contribution in [0.25, 0.3) is 20.5 Å². The number of anilines is 1. The highest BCUT2D eigenvalue weighted by atomic mass is 32.1. The van der Waals surface area contributed by atoms with Gasteiger partial charge in [-0.2, -0.15) is 0 Å². The van der Waals surface area contributed by atoms with E-state index < -0.39 is 0 Å². The highest BCUT2D eigenvalue weighted by Gasteiger charge is 2.20. The van der Waals surface area contributed by atoms with E-state index in [1.54, 1.807) is 0 Å². The molecule has 0 radical (unpaired) electrons. The van der Waals surface area contributed by atoms with Crippen LogP contribution in [-0.4, -0.2) is 0 Å². The van der Waals surface area contributed by atoms with Gasteiger partial charge in [-0.1, -0.05) is 109 Å². The number of nitrogens with zero attached hydrogens (tertiary/aromatic N) is 1. The Morgan fingerprint density at radius 2 is 1.03 bits per heavy atom. The van der Waals surface area contributed by atoms with Gasteiger partial charge in [0.05, 0.1) is 10.6 Å². The van der Waals surface area contributed by atoms with E-state index in [9.17, 15) is 0 Å². The maximum Gasteiger partial charge on any atom is 0.0641 e. The van der Waals surface area contributed by atoms with Crippen LogP contribution in [0.15, 0.2) is 115 Å². The lowest BCUT2D eigenvalue weighted by Gasteiger charge is -2.26. The van der Waals surface area contributed by atoms with Crippen LogP contribution in [0, 0.1) is 0 Å². The van der Waals surface area contributed by atoms with Crippen LogP contribution in [0.4, 0.5) is 5.69 Å². The first-order chi connectivity index (χ1) is 14.9. The summed E-state index contributed by atoms with van der Waals surface area (Å²) in [6.07, 6.45) is 0. The molecule has 1 nitrogen and oxygen atoms in total. The van der Waals surface area contributed by atoms with Crippen LogP contribution in [0.1, 0.15) is 11.1 Å². The van der Waals surface area contributed by atoms with Crippen molar-refractivity contribution in [1.29, 1.82) is 0 Å². The summed E-state index contributed by atoms with van der Waals surface area (Å²) in [6.45, 7) is 1.74. The maximum atomic E-state index is 2.53. The largest absolute Gasteiger partial charge is 0.361 e. The van der Waals surface area contributed by atoms with Crippen LogP contribution in [0.5, 0.6) is 0 Å². The molecule has 4 aromatic carbocycles. The summed E-state index contributed by atoms with van der Waals surface area (Å²) in [5.41, 5.74) is 5.25. The van der Waals surface area contributed by atoms with Gasteiger partial charge in [-0.3, -0.25) is 0 Å². The molecule has 0 fully saturated rings. The fourth-order valence-corrected chi connectivity index (χ4v) is 5.18. The number of fused-ring (bicyclic) bond motifs is 1. The standard InChI is InChI=1S/C28H23NS/c1-4-12-22(13-5-1)20-29(21-23-14-6-2-7-15-23)27-25-18-10-11-19-26(25)30-28(27)24-16-8-3-9-17-24/h1-19H,20-21H2. The van der Waals surface area contributed by atoms with E-state index in [2.05, 4.69) is 120 Å². The predicted molar refractivity (Wildman–Crippen MR) is 130 cm³/mol. The van der Waals surface area contributed by atoms with Crippen molar-refractivity contribution in [3.8, 4) is 10.4 Å². The zero-order valence-corrected chi connectivity index (χ0v) is 17.6. The zero-order valence-electron chi connectivity index (χ0n) is 16.7. The molecular formula is C28H23NS. The normalized spacial score (nSPS) is 10.9. The summed E-state index contributed by atoms with van der Waals surface area (Å²) in [4.78, 5) is 3.87. The van der Waals surface area contributed by atoms with Gasteiger partial charge in [0.25, 0.3) is 0 Å². The molecule has 30 heavy (non-hydrogen) atoms. The Hall–Kier alpha value is -3.36. The third-order valence-electron chi connectivity index (χ3n) is 5.35. The van der Waals surface area contributed by atoms with Gasteiger partial charge >= 0.3 is 0 Å². The van der Waals surface area contributed by atoms with E-state index in [0.29, 0.717) is 0 Å². The lowest BCUT2D eigenvalue weighted by atomic mass is 10.1. The molecule has 0 bridgehead atoms. The fourth-order valence-electron chi connectivity index (χ4n) is 3.95. The second kappa shape index (κ2) is 8.56. The summed E-state index contributed by atoms with van der Waals surface area (Å²) in [5.74, 6) is 0. The molecule has 0 saturated heterocycles. The third-order valence-corrected chi connectivity index (χ3v) is 6.56. The first-order valence-electron chi connectivity index (χ1n) is 10.3. The van der Waals surface area contributed by atoms with Gasteiger partial charge in [0.1, 0.15) is 0 Å². The van der Waals surface area contributed by atoms with Crippen molar-refractivity contribution in [3.63, 3.8) is 0 Å². The lowest BCUT2D eigenvalue weighted by molar-refractivity contribution is 0.806. The molecule has 0 aliphatic rings. The SMILES string of the molecule is c1ccc(CN(Cc2ccccc2)c2c(-c3ccccc3)sc3ccccc23)cc1. The molecule has 146 valence electrons. The molecule has 5 rings (SSSR count). The summed E-state index contributed by atoms with van der Waals surface area (Å²) in [5, 5.41) is 1.33. The summed E-state index contributed by atoms with van der Waals surface area (Å²) < 4.78 is 1.33. The Morgan fingerprint density at radius 3 is 1.63 bits per heavy atom. The molecule has 5 aromatic rings.